The smallest absolute Gasteiger partial charge is 0.417 e. The first kappa shape index (κ1) is 17.8. The Labute approximate surface area is 131 Å². The van der Waals surface area contributed by atoms with Crippen molar-refractivity contribution in [1.29, 1.82) is 0 Å². The van der Waals surface area contributed by atoms with Gasteiger partial charge in [0, 0.05) is 17.3 Å². The minimum atomic E-state index is -4.92. The van der Waals surface area contributed by atoms with E-state index in [9.17, 15) is 31.1 Å². The van der Waals surface area contributed by atoms with Crippen molar-refractivity contribution >= 4 is 5.97 Å². The largest absolute Gasteiger partial charge is 0.481 e. The van der Waals surface area contributed by atoms with E-state index < -0.39 is 52.7 Å². The summed E-state index contributed by atoms with van der Waals surface area (Å²) in [6.45, 7) is 0. The molecule has 3 nitrogen and oxygen atoms in total. The van der Waals surface area contributed by atoms with E-state index in [2.05, 4.69) is 4.98 Å². The Morgan fingerprint density at radius 3 is 2.08 bits per heavy atom. The van der Waals surface area contributed by atoms with Gasteiger partial charge < -0.3 is 5.11 Å². The van der Waals surface area contributed by atoms with Crippen molar-refractivity contribution in [2.24, 2.45) is 0 Å². The minimum absolute atomic E-state index is 0.540. The van der Waals surface area contributed by atoms with E-state index in [1.165, 1.54) is 6.07 Å². The van der Waals surface area contributed by atoms with Crippen LogP contribution < -0.4 is 0 Å². The highest BCUT2D eigenvalue weighted by Crippen LogP contribution is 2.40. The van der Waals surface area contributed by atoms with Crippen LogP contribution >= 0.6 is 0 Å². The number of halogens is 6. The van der Waals surface area contributed by atoms with E-state index >= 15 is 0 Å². The summed E-state index contributed by atoms with van der Waals surface area (Å²) in [6, 6.07) is 4.48. The average molecular weight is 349 g/mol. The van der Waals surface area contributed by atoms with Crippen LogP contribution in [-0.4, -0.2) is 16.1 Å². The number of aromatic nitrogens is 1. The van der Waals surface area contributed by atoms with Gasteiger partial charge >= 0.3 is 18.3 Å². The second-order valence-corrected chi connectivity index (χ2v) is 4.80. The third kappa shape index (κ3) is 3.66. The first-order valence-electron chi connectivity index (χ1n) is 6.45. The molecule has 1 N–H and O–H groups in total. The van der Waals surface area contributed by atoms with E-state index in [1.807, 2.05) is 0 Å². The standard InChI is InChI=1S/C15H9F6NO2/c16-14(17,18)10-4-2-1-3-8(10)13-9(7-12(23)24)11(5-6-22-13)15(19,20)21/h1-6H,7H2,(H,23,24). The number of pyridine rings is 1. The van der Waals surface area contributed by atoms with Crippen LogP contribution in [0.5, 0.6) is 0 Å². The molecule has 0 aliphatic rings. The number of carboxylic acids is 1. The number of carbonyl (C=O) groups is 1. The molecule has 9 heteroatoms. The highest BCUT2D eigenvalue weighted by atomic mass is 19.4. The summed E-state index contributed by atoms with van der Waals surface area (Å²) in [5.41, 5.74) is -4.59. The highest BCUT2D eigenvalue weighted by molar-refractivity contribution is 5.77. The van der Waals surface area contributed by atoms with Crippen molar-refractivity contribution in [1.82, 2.24) is 4.98 Å². The topological polar surface area (TPSA) is 50.2 Å². The second kappa shape index (κ2) is 6.14. The van der Waals surface area contributed by atoms with Gasteiger partial charge in [0.1, 0.15) is 0 Å². The van der Waals surface area contributed by atoms with Gasteiger partial charge in [0.05, 0.1) is 23.2 Å². The fourth-order valence-corrected chi connectivity index (χ4v) is 2.26. The molecule has 0 saturated heterocycles. The van der Waals surface area contributed by atoms with Crippen LogP contribution in [-0.2, 0) is 23.6 Å². The molecule has 1 heterocycles. The molecule has 2 rings (SSSR count). The van der Waals surface area contributed by atoms with Crippen LogP contribution in [0.4, 0.5) is 26.3 Å². The fourth-order valence-electron chi connectivity index (χ4n) is 2.26. The molecule has 0 amide bonds. The molecule has 0 aliphatic heterocycles. The molecule has 1 aromatic heterocycles. The average Bonchev–Trinajstić information content (AvgIpc) is 2.45. The molecule has 0 radical (unpaired) electrons. The first-order chi connectivity index (χ1) is 11.0. The van der Waals surface area contributed by atoms with Crippen molar-refractivity contribution in [2.75, 3.05) is 0 Å². The summed E-state index contributed by atoms with van der Waals surface area (Å²) in [4.78, 5) is 14.5. The van der Waals surface area contributed by atoms with Crippen molar-refractivity contribution in [3.05, 3.63) is 53.2 Å². The molecular weight excluding hydrogens is 340 g/mol. The number of benzene rings is 1. The molecule has 0 spiro atoms. The lowest BCUT2D eigenvalue weighted by atomic mass is 9.95. The Kier molecular flexibility index (Phi) is 4.54. The van der Waals surface area contributed by atoms with Crippen LogP contribution in [0, 0.1) is 0 Å². The molecule has 128 valence electrons. The van der Waals surface area contributed by atoms with Crippen LogP contribution in [0.15, 0.2) is 36.5 Å². The summed E-state index contributed by atoms with van der Waals surface area (Å²) >= 11 is 0. The number of alkyl halides is 6. The maximum atomic E-state index is 13.1. The third-order valence-electron chi connectivity index (χ3n) is 3.18. The van der Waals surface area contributed by atoms with E-state index in [0.717, 1.165) is 12.1 Å². The van der Waals surface area contributed by atoms with Crippen LogP contribution in [0.25, 0.3) is 11.3 Å². The van der Waals surface area contributed by atoms with Gasteiger partial charge in [-0.3, -0.25) is 9.78 Å². The number of aliphatic carboxylic acids is 1. The highest BCUT2D eigenvalue weighted by Gasteiger charge is 2.38. The predicted molar refractivity (Wildman–Crippen MR) is 71.0 cm³/mol. The quantitative estimate of drug-likeness (QED) is 0.835. The Morgan fingerprint density at radius 2 is 1.54 bits per heavy atom. The molecule has 0 fully saturated rings. The summed E-state index contributed by atoms with van der Waals surface area (Å²) in [6.07, 6.45) is -10.1. The van der Waals surface area contributed by atoms with Crippen molar-refractivity contribution in [2.45, 2.75) is 18.8 Å². The zero-order valence-electron chi connectivity index (χ0n) is 11.7. The molecule has 0 atom stereocenters. The maximum Gasteiger partial charge on any atom is 0.417 e. The van der Waals surface area contributed by atoms with E-state index in [-0.39, 0.29) is 0 Å². The van der Waals surface area contributed by atoms with Gasteiger partial charge in [0.2, 0.25) is 0 Å². The summed E-state index contributed by atoms with van der Waals surface area (Å²) < 4.78 is 78.5. The normalized spacial score (nSPS) is 12.2. The Bertz CT molecular complexity index is 767. The Balaban J connectivity index is 2.79. The number of hydrogen-bond acceptors (Lipinski definition) is 2. The third-order valence-corrected chi connectivity index (χ3v) is 3.18. The van der Waals surface area contributed by atoms with E-state index in [4.69, 9.17) is 5.11 Å². The summed E-state index contributed by atoms with van der Waals surface area (Å²) in [7, 11) is 0. The Hall–Kier alpha value is -2.58. The minimum Gasteiger partial charge on any atom is -0.481 e. The molecule has 1 aromatic carbocycles. The van der Waals surface area contributed by atoms with Crippen molar-refractivity contribution in [3.8, 4) is 11.3 Å². The fraction of sp³-hybridized carbons (Fsp3) is 0.200. The lowest BCUT2D eigenvalue weighted by Gasteiger charge is -2.18. The zero-order valence-corrected chi connectivity index (χ0v) is 11.7. The van der Waals surface area contributed by atoms with Gasteiger partial charge in [-0.05, 0) is 12.1 Å². The van der Waals surface area contributed by atoms with Gasteiger partial charge in [0.25, 0.3) is 0 Å². The van der Waals surface area contributed by atoms with Gasteiger partial charge in [-0.1, -0.05) is 18.2 Å². The van der Waals surface area contributed by atoms with E-state index in [0.29, 0.717) is 18.3 Å². The molecule has 0 bridgehead atoms. The SMILES string of the molecule is O=C(O)Cc1c(C(F)(F)F)ccnc1-c1ccccc1C(F)(F)F. The lowest BCUT2D eigenvalue weighted by Crippen LogP contribution is -2.15. The van der Waals surface area contributed by atoms with Gasteiger partial charge in [-0.2, -0.15) is 26.3 Å². The van der Waals surface area contributed by atoms with E-state index in [1.54, 1.807) is 0 Å². The maximum absolute atomic E-state index is 13.1. The van der Waals surface area contributed by atoms with Gasteiger partial charge in [-0.15, -0.1) is 0 Å². The monoisotopic (exact) mass is 349 g/mol. The number of hydrogen-bond donors (Lipinski definition) is 1. The summed E-state index contributed by atoms with van der Waals surface area (Å²) in [5, 5.41) is 8.84. The van der Waals surface area contributed by atoms with Crippen molar-refractivity contribution < 1.29 is 36.2 Å². The zero-order chi connectivity index (χ0) is 18.1. The van der Waals surface area contributed by atoms with Gasteiger partial charge in [-0.25, -0.2) is 0 Å². The molecule has 0 aliphatic carbocycles. The lowest BCUT2D eigenvalue weighted by molar-refractivity contribution is -0.139. The second-order valence-electron chi connectivity index (χ2n) is 4.80. The number of nitrogens with zero attached hydrogens (tertiary/aromatic N) is 1. The molecule has 24 heavy (non-hydrogen) atoms. The Morgan fingerprint density at radius 1 is 0.958 bits per heavy atom. The van der Waals surface area contributed by atoms with Crippen LogP contribution in [0.2, 0.25) is 0 Å². The first-order valence-corrected chi connectivity index (χ1v) is 6.45. The van der Waals surface area contributed by atoms with Crippen LogP contribution in [0.1, 0.15) is 16.7 Å². The molecule has 2 aromatic rings. The predicted octanol–water partition coefficient (Wildman–Crippen LogP) is 4.41. The summed E-state index contributed by atoms with van der Waals surface area (Å²) in [5.74, 6) is -1.61. The van der Waals surface area contributed by atoms with Crippen LogP contribution in [0.3, 0.4) is 0 Å². The molecule has 0 unspecified atom stereocenters. The number of carboxylic acid groups (broad SMARTS) is 1. The van der Waals surface area contributed by atoms with Crippen molar-refractivity contribution in [3.63, 3.8) is 0 Å². The van der Waals surface area contributed by atoms with Gasteiger partial charge in [0.15, 0.2) is 0 Å². The molecule has 0 saturated carbocycles. The number of rotatable bonds is 3. The molecular formula is C15H9F6NO2.